The summed E-state index contributed by atoms with van der Waals surface area (Å²) in [6.07, 6.45) is 4.59. The molecule has 150 valence electrons. The van der Waals surface area contributed by atoms with Crippen LogP contribution in [0.25, 0.3) is 22.2 Å². The van der Waals surface area contributed by atoms with Crippen LogP contribution in [0, 0.1) is 0 Å². The number of H-pyrrole nitrogens is 1. The van der Waals surface area contributed by atoms with Gasteiger partial charge in [-0.2, -0.15) is 5.10 Å². The van der Waals surface area contributed by atoms with Gasteiger partial charge >= 0.3 is 0 Å². The van der Waals surface area contributed by atoms with E-state index >= 15 is 0 Å². The van der Waals surface area contributed by atoms with Gasteiger partial charge in [-0.15, -0.1) is 0 Å². The fraction of sp³-hybridized carbons (Fsp3) is 0.318. The number of rotatable bonds is 6. The van der Waals surface area contributed by atoms with Crippen LogP contribution in [0.1, 0.15) is 46.4 Å². The summed E-state index contributed by atoms with van der Waals surface area (Å²) in [6.45, 7) is 1.71. The van der Waals surface area contributed by atoms with Crippen molar-refractivity contribution < 1.29 is 9.59 Å². The molecule has 4 rings (SSSR count). The summed E-state index contributed by atoms with van der Waals surface area (Å²) in [5.41, 5.74) is 8.70. The first-order valence-corrected chi connectivity index (χ1v) is 10.0. The van der Waals surface area contributed by atoms with Crippen LogP contribution in [0.5, 0.6) is 0 Å². The summed E-state index contributed by atoms with van der Waals surface area (Å²) in [4.78, 5) is 24.1. The van der Waals surface area contributed by atoms with Crippen molar-refractivity contribution in [3.63, 3.8) is 0 Å². The van der Waals surface area contributed by atoms with Crippen LogP contribution in [-0.4, -0.2) is 41.1 Å². The molecule has 2 aromatic carbocycles. The number of hydrogen-bond donors (Lipinski definition) is 4. The maximum absolute atomic E-state index is 12.6. The van der Waals surface area contributed by atoms with Crippen LogP contribution in [-0.2, 0) is 0 Å². The molecule has 0 bridgehead atoms. The fourth-order valence-electron chi connectivity index (χ4n) is 3.83. The molecule has 7 heteroatoms. The molecule has 0 saturated carbocycles. The first-order valence-electron chi connectivity index (χ1n) is 10.0. The molecule has 5 N–H and O–H groups in total. The molecular weight excluding hydrogens is 366 g/mol. The lowest BCUT2D eigenvalue weighted by molar-refractivity contribution is 0.0950. The average molecular weight is 391 g/mol. The van der Waals surface area contributed by atoms with E-state index in [0.29, 0.717) is 29.4 Å². The standard InChI is InChI=1S/C22H25N5O2/c23-21(28)15-7-8-19-18(13-15)20(27-26-19)14-4-3-5-16(12-14)22(29)25-11-9-17-6-1-2-10-24-17/h3-5,7-8,12-13,17,24H,1-2,6,9-11H2,(H2,23,28)(H,25,29)(H,26,27). The number of nitrogens with two attached hydrogens (primary N) is 1. The highest BCUT2D eigenvalue weighted by molar-refractivity contribution is 6.01. The minimum Gasteiger partial charge on any atom is -0.366 e. The molecule has 3 aromatic rings. The van der Waals surface area contributed by atoms with E-state index in [9.17, 15) is 9.59 Å². The normalized spacial score (nSPS) is 16.6. The van der Waals surface area contributed by atoms with Crippen molar-refractivity contribution in [2.75, 3.05) is 13.1 Å². The number of carbonyl (C=O) groups excluding carboxylic acids is 2. The van der Waals surface area contributed by atoms with Crippen LogP contribution in [0.15, 0.2) is 42.5 Å². The zero-order valence-electron chi connectivity index (χ0n) is 16.2. The molecule has 29 heavy (non-hydrogen) atoms. The van der Waals surface area contributed by atoms with Crippen molar-refractivity contribution in [2.45, 2.75) is 31.7 Å². The van der Waals surface area contributed by atoms with Gasteiger partial charge in [-0.3, -0.25) is 14.7 Å². The fourth-order valence-corrected chi connectivity index (χ4v) is 3.83. The maximum atomic E-state index is 12.6. The SMILES string of the molecule is NC(=O)c1ccc2[nH]nc(-c3cccc(C(=O)NCCC4CCCCN4)c3)c2c1. The van der Waals surface area contributed by atoms with Crippen LogP contribution in [0.3, 0.4) is 0 Å². The number of fused-ring (bicyclic) bond motifs is 1. The smallest absolute Gasteiger partial charge is 0.251 e. The molecule has 7 nitrogen and oxygen atoms in total. The Kier molecular flexibility index (Phi) is 5.57. The van der Waals surface area contributed by atoms with E-state index in [2.05, 4.69) is 20.8 Å². The molecule has 2 heterocycles. The number of aromatic nitrogens is 2. The van der Waals surface area contributed by atoms with Gasteiger partial charge in [-0.05, 0) is 56.1 Å². The average Bonchev–Trinajstić information content (AvgIpc) is 3.18. The molecule has 0 spiro atoms. The quantitative estimate of drug-likeness (QED) is 0.517. The Bertz CT molecular complexity index is 1040. The lowest BCUT2D eigenvalue weighted by Gasteiger charge is -2.23. The summed E-state index contributed by atoms with van der Waals surface area (Å²) in [5.74, 6) is -0.583. The van der Waals surface area contributed by atoms with Crippen molar-refractivity contribution in [1.82, 2.24) is 20.8 Å². The second-order valence-corrected chi connectivity index (χ2v) is 7.47. The number of primary amides is 1. The molecule has 1 aliphatic heterocycles. The third kappa shape index (κ3) is 4.30. The molecule has 1 aliphatic rings. The second-order valence-electron chi connectivity index (χ2n) is 7.47. The minimum atomic E-state index is -0.486. The molecule has 0 aliphatic carbocycles. The third-order valence-corrected chi connectivity index (χ3v) is 5.44. The van der Waals surface area contributed by atoms with E-state index in [4.69, 9.17) is 5.73 Å². The summed E-state index contributed by atoms with van der Waals surface area (Å²) >= 11 is 0. The van der Waals surface area contributed by atoms with Gasteiger partial charge in [0.05, 0.1) is 11.2 Å². The van der Waals surface area contributed by atoms with Crippen molar-refractivity contribution in [3.8, 4) is 11.3 Å². The molecular formula is C22H25N5O2. The number of hydrogen-bond acceptors (Lipinski definition) is 4. The molecule has 2 amide bonds. The van der Waals surface area contributed by atoms with Gasteiger partial charge in [0.25, 0.3) is 5.91 Å². The monoisotopic (exact) mass is 391 g/mol. The van der Waals surface area contributed by atoms with E-state index in [0.717, 1.165) is 29.4 Å². The van der Waals surface area contributed by atoms with Crippen LogP contribution in [0.4, 0.5) is 0 Å². The summed E-state index contributed by atoms with van der Waals surface area (Å²) in [7, 11) is 0. The van der Waals surface area contributed by atoms with E-state index < -0.39 is 5.91 Å². The van der Waals surface area contributed by atoms with Crippen LogP contribution in [0.2, 0.25) is 0 Å². The summed E-state index contributed by atoms with van der Waals surface area (Å²) < 4.78 is 0. The van der Waals surface area contributed by atoms with E-state index in [1.165, 1.54) is 19.3 Å². The number of nitrogens with one attached hydrogen (secondary N) is 3. The van der Waals surface area contributed by atoms with Crippen LogP contribution < -0.4 is 16.4 Å². The zero-order valence-corrected chi connectivity index (χ0v) is 16.2. The van der Waals surface area contributed by atoms with Gasteiger partial charge in [-0.1, -0.05) is 18.6 Å². The zero-order chi connectivity index (χ0) is 20.2. The van der Waals surface area contributed by atoms with Crippen molar-refractivity contribution in [3.05, 3.63) is 53.6 Å². The Labute approximate surface area is 169 Å². The molecule has 1 saturated heterocycles. The minimum absolute atomic E-state index is 0.0969. The number of nitrogens with zero attached hydrogens (tertiary/aromatic N) is 1. The van der Waals surface area contributed by atoms with Gasteiger partial charge in [0.15, 0.2) is 0 Å². The Morgan fingerprint density at radius 3 is 2.83 bits per heavy atom. The maximum Gasteiger partial charge on any atom is 0.251 e. The first kappa shape index (κ1) is 19.1. The van der Waals surface area contributed by atoms with E-state index in [1.807, 2.05) is 18.2 Å². The summed E-state index contributed by atoms with van der Waals surface area (Å²) in [5, 5.41) is 14.6. The van der Waals surface area contributed by atoms with Gasteiger partial charge in [-0.25, -0.2) is 0 Å². The Morgan fingerprint density at radius 1 is 1.14 bits per heavy atom. The number of aromatic amines is 1. The van der Waals surface area contributed by atoms with Crippen molar-refractivity contribution in [1.29, 1.82) is 0 Å². The number of piperidine rings is 1. The third-order valence-electron chi connectivity index (χ3n) is 5.44. The van der Waals surface area contributed by atoms with Gasteiger partial charge in [0, 0.05) is 34.7 Å². The first-order chi connectivity index (χ1) is 14.1. The molecule has 1 aromatic heterocycles. The van der Waals surface area contributed by atoms with Crippen molar-refractivity contribution in [2.24, 2.45) is 5.73 Å². The van der Waals surface area contributed by atoms with Gasteiger partial charge < -0.3 is 16.4 Å². The second kappa shape index (κ2) is 8.45. The highest BCUT2D eigenvalue weighted by Gasteiger charge is 2.15. The Hall–Kier alpha value is -3.19. The summed E-state index contributed by atoms with van der Waals surface area (Å²) in [6, 6.07) is 13.0. The number of amides is 2. The van der Waals surface area contributed by atoms with Crippen LogP contribution >= 0.6 is 0 Å². The van der Waals surface area contributed by atoms with Gasteiger partial charge in [0.1, 0.15) is 0 Å². The van der Waals surface area contributed by atoms with Crippen molar-refractivity contribution >= 4 is 22.7 Å². The molecule has 1 fully saturated rings. The van der Waals surface area contributed by atoms with E-state index in [-0.39, 0.29) is 5.91 Å². The lowest BCUT2D eigenvalue weighted by atomic mass is 10.0. The predicted molar refractivity (Wildman–Crippen MR) is 113 cm³/mol. The topological polar surface area (TPSA) is 113 Å². The van der Waals surface area contributed by atoms with Gasteiger partial charge in [0.2, 0.25) is 5.91 Å². The molecule has 1 atom stereocenters. The highest BCUT2D eigenvalue weighted by Crippen LogP contribution is 2.27. The predicted octanol–water partition coefficient (Wildman–Crippen LogP) is 2.59. The van der Waals surface area contributed by atoms with E-state index in [1.54, 1.807) is 24.3 Å². The number of carbonyl (C=O) groups is 2. The highest BCUT2D eigenvalue weighted by atomic mass is 16.2. The lowest BCUT2D eigenvalue weighted by Crippen LogP contribution is -2.37. The Morgan fingerprint density at radius 2 is 2.03 bits per heavy atom. The Balaban J connectivity index is 1.49. The molecule has 1 unspecified atom stereocenters. The molecule has 0 radical (unpaired) electrons. The largest absolute Gasteiger partial charge is 0.366 e. The number of benzene rings is 2.